The van der Waals surface area contributed by atoms with Crippen LogP contribution in [0.15, 0.2) is 53.7 Å². The molecule has 0 radical (unpaired) electrons. The van der Waals surface area contributed by atoms with Crippen LogP contribution in [-0.2, 0) is 4.79 Å². The molecule has 6 nitrogen and oxygen atoms in total. The molecular weight excluding hydrogens is 365 g/mol. The van der Waals surface area contributed by atoms with E-state index < -0.39 is 11.1 Å². The fourth-order valence-electron chi connectivity index (χ4n) is 2.03. The zero-order valence-electron chi connectivity index (χ0n) is 13.1. The van der Waals surface area contributed by atoms with E-state index in [0.29, 0.717) is 15.9 Å². The predicted octanol–water partition coefficient (Wildman–Crippen LogP) is 3.57. The number of hydrogen-bond acceptors (Lipinski definition) is 5. The Kier molecular flexibility index (Phi) is 5.30. The molecule has 0 aliphatic heterocycles. The van der Waals surface area contributed by atoms with Crippen molar-refractivity contribution in [2.24, 2.45) is 0 Å². The molecule has 9 heteroatoms. The third kappa shape index (κ3) is 4.15. The molecule has 0 unspecified atom stereocenters. The molecule has 25 heavy (non-hydrogen) atoms. The molecule has 0 bridgehead atoms. The quantitative estimate of drug-likeness (QED) is 0.688. The molecule has 1 amide bonds. The third-order valence-corrected chi connectivity index (χ3v) is 4.54. The van der Waals surface area contributed by atoms with E-state index >= 15 is 0 Å². The van der Waals surface area contributed by atoms with Gasteiger partial charge < -0.3 is 5.32 Å². The molecule has 1 atom stereocenters. The number of hydrogen-bond donors (Lipinski definition) is 1. The van der Waals surface area contributed by atoms with Crippen molar-refractivity contribution in [1.29, 1.82) is 0 Å². The standard InChI is InChI=1S/C16H13ClFN5OS/c1-10(15(24)19-14-8-3-2-7-13(14)18)25-16-20-21-22-23(16)12-6-4-5-11(17)9-12/h2-10H,1H3,(H,19,24)/t10-/m0/s1. The van der Waals surface area contributed by atoms with Crippen LogP contribution in [0.1, 0.15) is 6.92 Å². The molecule has 0 aliphatic rings. The van der Waals surface area contributed by atoms with Crippen molar-refractivity contribution in [2.45, 2.75) is 17.3 Å². The second-order valence-corrected chi connectivity index (χ2v) is 6.83. The molecular formula is C16H13ClFN5OS. The highest BCUT2D eigenvalue weighted by Crippen LogP contribution is 2.25. The number of para-hydroxylation sites is 1. The lowest BCUT2D eigenvalue weighted by Crippen LogP contribution is -2.23. The second-order valence-electron chi connectivity index (χ2n) is 5.08. The predicted molar refractivity (Wildman–Crippen MR) is 94.5 cm³/mol. The van der Waals surface area contributed by atoms with Gasteiger partial charge >= 0.3 is 0 Å². The molecule has 128 valence electrons. The fourth-order valence-corrected chi connectivity index (χ4v) is 3.02. The average Bonchev–Trinajstić information content (AvgIpc) is 3.05. The van der Waals surface area contributed by atoms with Gasteiger partial charge in [-0.1, -0.05) is 41.6 Å². The number of tetrazole rings is 1. The number of anilines is 1. The van der Waals surface area contributed by atoms with E-state index in [0.717, 1.165) is 11.8 Å². The summed E-state index contributed by atoms with van der Waals surface area (Å²) < 4.78 is 15.1. The fraction of sp³-hybridized carbons (Fsp3) is 0.125. The summed E-state index contributed by atoms with van der Waals surface area (Å²) in [5.41, 5.74) is 0.816. The summed E-state index contributed by atoms with van der Waals surface area (Å²) in [7, 11) is 0. The molecule has 3 aromatic rings. The molecule has 1 N–H and O–H groups in total. The Balaban J connectivity index is 1.74. The van der Waals surface area contributed by atoms with Gasteiger partial charge in [0.15, 0.2) is 0 Å². The zero-order valence-corrected chi connectivity index (χ0v) is 14.6. The van der Waals surface area contributed by atoms with E-state index in [1.807, 2.05) is 0 Å². The molecule has 1 aromatic heterocycles. The monoisotopic (exact) mass is 377 g/mol. The Morgan fingerprint density at radius 2 is 2.08 bits per heavy atom. The lowest BCUT2D eigenvalue weighted by molar-refractivity contribution is -0.115. The molecule has 1 heterocycles. The number of benzene rings is 2. The first-order valence-corrected chi connectivity index (χ1v) is 8.57. The summed E-state index contributed by atoms with van der Waals surface area (Å²) >= 11 is 7.15. The van der Waals surface area contributed by atoms with Crippen molar-refractivity contribution >= 4 is 35.0 Å². The maximum Gasteiger partial charge on any atom is 0.237 e. The minimum atomic E-state index is -0.538. The second kappa shape index (κ2) is 7.62. The summed E-state index contributed by atoms with van der Waals surface area (Å²) in [6.45, 7) is 1.69. The third-order valence-electron chi connectivity index (χ3n) is 3.28. The number of nitrogens with one attached hydrogen (secondary N) is 1. The van der Waals surface area contributed by atoms with Crippen LogP contribution in [0.25, 0.3) is 5.69 Å². The molecule has 3 rings (SSSR count). The Morgan fingerprint density at radius 3 is 2.84 bits per heavy atom. The number of aromatic nitrogens is 4. The number of carbonyl (C=O) groups is 1. The van der Waals surface area contributed by atoms with Crippen molar-refractivity contribution in [3.8, 4) is 5.69 Å². The number of halogens is 2. The van der Waals surface area contributed by atoms with Gasteiger partial charge in [-0.05, 0) is 47.7 Å². The number of carbonyl (C=O) groups excluding carboxylic acids is 1. The van der Waals surface area contributed by atoms with Crippen LogP contribution >= 0.6 is 23.4 Å². The highest BCUT2D eigenvalue weighted by molar-refractivity contribution is 8.00. The van der Waals surface area contributed by atoms with Gasteiger partial charge in [0.25, 0.3) is 0 Å². The van der Waals surface area contributed by atoms with Crippen molar-refractivity contribution in [3.63, 3.8) is 0 Å². The zero-order chi connectivity index (χ0) is 17.8. The smallest absolute Gasteiger partial charge is 0.237 e. The molecule has 0 saturated carbocycles. The van der Waals surface area contributed by atoms with Crippen molar-refractivity contribution in [3.05, 3.63) is 59.4 Å². The first-order chi connectivity index (χ1) is 12.0. The van der Waals surface area contributed by atoms with Crippen LogP contribution in [-0.4, -0.2) is 31.4 Å². The van der Waals surface area contributed by atoms with Gasteiger partial charge in [0, 0.05) is 5.02 Å². The number of thioether (sulfide) groups is 1. The first-order valence-electron chi connectivity index (χ1n) is 7.31. The van der Waals surface area contributed by atoms with E-state index in [1.54, 1.807) is 43.3 Å². The van der Waals surface area contributed by atoms with Crippen molar-refractivity contribution in [2.75, 3.05) is 5.32 Å². The largest absolute Gasteiger partial charge is 0.323 e. The lowest BCUT2D eigenvalue weighted by atomic mass is 10.3. The highest BCUT2D eigenvalue weighted by Gasteiger charge is 2.20. The van der Waals surface area contributed by atoms with Gasteiger partial charge in [0.1, 0.15) is 5.82 Å². The van der Waals surface area contributed by atoms with E-state index in [-0.39, 0.29) is 11.6 Å². The van der Waals surface area contributed by atoms with E-state index in [1.165, 1.54) is 16.8 Å². The Bertz CT molecular complexity index is 903. The topological polar surface area (TPSA) is 72.7 Å². The molecule has 2 aromatic carbocycles. The summed E-state index contributed by atoms with van der Waals surface area (Å²) in [6.07, 6.45) is 0. The minimum Gasteiger partial charge on any atom is -0.323 e. The average molecular weight is 378 g/mol. The van der Waals surface area contributed by atoms with Gasteiger partial charge in [-0.3, -0.25) is 4.79 Å². The SMILES string of the molecule is C[C@H](Sc1nnnn1-c1cccc(Cl)c1)C(=O)Nc1ccccc1F. The minimum absolute atomic E-state index is 0.134. The summed E-state index contributed by atoms with van der Waals surface area (Å²) in [5, 5.41) is 14.5. The van der Waals surface area contributed by atoms with Gasteiger partial charge in [-0.15, -0.1) is 5.10 Å². The Hall–Kier alpha value is -2.45. The van der Waals surface area contributed by atoms with Gasteiger partial charge in [0.05, 0.1) is 16.6 Å². The van der Waals surface area contributed by atoms with Crippen molar-refractivity contribution < 1.29 is 9.18 Å². The maximum atomic E-state index is 13.6. The molecule has 0 aliphatic carbocycles. The lowest BCUT2D eigenvalue weighted by Gasteiger charge is -2.12. The van der Waals surface area contributed by atoms with Crippen LogP contribution in [0.3, 0.4) is 0 Å². The van der Waals surface area contributed by atoms with Crippen LogP contribution < -0.4 is 5.32 Å². The number of rotatable bonds is 5. The van der Waals surface area contributed by atoms with Crippen LogP contribution in [0.4, 0.5) is 10.1 Å². The molecule has 0 fully saturated rings. The Morgan fingerprint density at radius 1 is 1.28 bits per heavy atom. The van der Waals surface area contributed by atoms with Gasteiger partial charge in [0.2, 0.25) is 11.1 Å². The molecule has 0 spiro atoms. The van der Waals surface area contributed by atoms with Crippen LogP contribution in [0.2, 0.25) is 5.02 Å². The Labute approximate surface area is 152 Å². The summed E-state index contributed by atoms with van der Waals surface area (Å²) in [5.74, 6) is -0.840. The summed E-state index contributed by atoms with van der Waals surface area (Å²) in [6, 6.07) is 13.0. The van der Waals surface area contributed by atoms with E-state index in [9.17, 15) is 9.18 Å². The van der Waals surface area contributed by atoms with Crippen LogP contribution in [0.5, 0.6) is 0 Å². The van der Waals surface area contributed by atoms with Gasteiger partial charge in [-0.25, -0.2) is 4.39 Å². The first kappa shape index (κ1) is 17.4. The van der Waals surface area contributed by atoms with Crippen molar-refractivity contribution in [1.82, 2.24) is 20.2 Å². The van der Waals surface area contributed by atoms with Gasteiger partial charge in [-0.2, -0.15) is 4.68 Å². The van der Waals surface area contributed by atoms with E-state index in [4.69, 9.17) is 11.6 Å². The molecule has 0 saturated heterocycles. The number of amides is 1. The normalized spacial score (nSPS) is 12.0. The summed E-state index contributed by atoms with van der Waals surface area (Å²) in [4.78, 5) is 12.3. The van der Waals surface area contributed by atoms with E-state index in [2.05, 4.69) is 20.8 Å². The number of nitrogens with zero attached hydrogens (tertiary/aromatic N) is 4. The maximum absolute atomic E-state index is 13.6. The highest BCUT2D eigenvalue weighted by atomic mass is 35.5. The van der Waals surface area contributed by atoms with Crippen LogP contribution in [0, 0.1) is 5.82 Å².